The maximum atomic E-state index is 12.5. The minimum Gasteiger partial charge on any atom is -0.467 e. The van der Waals surface area contributed by atoms with Gasteiger partial charge in [0.2, 0.25) is 0 Å². The Bertz CT molecular complexity index is 958. The summed E-state index contributed by atoms with van der Waals surface area (Å²) in [5, 5.41) is 6.06. The van der Waals surface area contributed by atoms with Gasteiger partial charge in [-0.25, -0.2) is 9.59 Å². The van der Waals surface area contributed by atoms with Gasteiger partial charge in [-0.3, -0.25) is 4.79 Å². The van der Waals surface area contributed by atoms with Crippen molar-refractivity contribution in [3.63, 3.8) is 0 Å². The third-order valence-corrected chi connectivity index (χ3v) is 13.3. The lowest BCUT2D eigenvalue weighted by Gasteiger charge is -2.44. The topological polar surface area (TPSA) is 91.0 Å². The molecule has 6 rings (SSSR count). The molecule has 0 aromatic carbocycles. The fourth-order valence-electron chi connectivity index (χ4n) is 9.77. The molecule has 3 spiro atoms. The second-order valence-electron chi connectivity index (χ2n) is 16.8. The normalized spacial score (nSPS) is 25.3. The summed E-state index contributed by atoms with van der Waals surface area (Å²) in [5.41, 5.74) is 1.85. The first-order valence-corrected chi connectivity index (χ1v) is 20.3. The Labute approximate surface area is 297 Å². The highest BCUT2D eigenvalue weighted by atomic mass is 35.5. The summed E-state index contributed by atoms with van der Waals surface area (Å²) in [5.74, 6) is -0.0286. The molecule has 1 atom stereocenters. The largest absolute Gasteiger partial charge is 0.467 e. The number of amides is 3. The summed E-state index contributed by atoms with van der Waals surface area (Å²) in [4.78, 5) is 39.0. The van der Waals surface area contributed by atoms with Crippen LogP contribution in [0.4, 0.5) is 9.59 Å². The van der Waals surface area contributed by atoms with Crippen LogP contribution in [0, 0.1) is 22.2 Å². The molecule has 0 radical (unpaired) electrons. The molecule has 6 fully saturated rings. The molecule has 48 heavy (non-hydrogen) atoms. The van der Waals surface area contributed by atoms with Crippen LogP contribution in [0.25, 0.3) is 0 Å². The molecule has 3 aliphatic heterocycles. The number of nitrogens with zero attached hydrogens (tertiary/aromatic N) is 2. The minimum atomic E-state index is -0.543. The van der Waals surface area contributed by atoms with Crippen molar-refractivity contribution < 1.29 is 19.1 Å². The lowest BCUT2D eigenvalue weighted by Crippen LogP contribution is -2.52. The molecule has 1 unspecified atom stereocenters. The summed E-state index contributed by atoms with van der Waals surface area (Å²) in [6.07, 6.45) is 29.2. The minimum absolute atomic E-state index is 0.119. The summed E-state index contributed by atoms with van der Waals surface area (Å²) in [7, 11) is 1.37. The Morgan fingerprint density at radius 1 is 0.646 bits per heavy atom. The number of methoxy groups -OCH3 is 1. The van der Waals surface area contributed by atoms with Crippen LogP contribution in [0.5, 0.6) is 0 Å². The fraction of sp³-hybridized carbons (Fsp3) is 0.923. The zero-order chi connectivity index (χ0) is 34.5. The molecule has 3 amide bonds. The lowest BCUT2D eigenvalue weighted by atomic mass is 9.68. The van der Waals surface area contributed by atoms with Crippen LogP contribution in [0.1, 0.15) is 155 Å². The van der Waals surface area contributed by atoms with E-state index in [1.54, 1.807) is 4.90 Å². The van der Waals surface area contributed by atoms with Gasteiger partial charge in [0.1, 0.15) is 6.04 Å². The molecule has 0 bridgehead atoms. The molecule has 6 aliphatic rings. The first-order valence-electron chi connectivity index (χ1n) is 19.9. The maximum absolute atomic E-state index is 12.5. The summed E-state index contributed by atoms with van der Waals surface area (Å²) >= 11 is 5.47. The zero-order valence-electron chi connectivity index (χ0n) is 30.9. The Hall–Kier alpha value is -1.54. The Morgan fingerprint density at radius 2 is 1.04 bits per heavy atom. The number of likely N-dealkylation sites (tertiary alicyclic amines) is 2. The van der Waals surface area contributed by atoms with Gasteiger partial charge in [0.25, 0.3) is 0 Å². The van der Waals surface area contributed by atoms with Crippen molar-refractivity contribution in [3.8, 4) is 0 Å². The molecule has 0 aromatic heterocycles. The molecule has 3 aliphatic carbocycles. The quantitative estimate of drug-likeness (QED) is 0.174. The zero-order valence-corrected chi connectivity index (χ0v) is 31.6. The van der Waals surface area contributed by atoms with E-state index in [0.29, 0.717) is 23.2 Å². The molecule has 8 nitrogen and oxygen atoms in total. The molecule has 3 saturated carbocycles. The van der Waals surface area contributed by atoms with Crippen molar-refractivity contribution in [2.24, 2.45) is 22.2 Å². The highest BCUT2D eigenvalue weighted by molar-refractivity contribution is 6.62. The maximum Gasteiger partial charge on any atom is 0.328 e. The number of urea groups is 1. The number of ether oxygens (including phenoxy) is 1. The lowest BCUT2D eigenvalue weighted by molar-refractivity contribution is -0.143. The van der Waals surface area contributed by atoms with Gasteiger partial charge in [-0.15, -0.1) is 0 Å². The van der Waals surface area contributed by atoms with Gasteiger partial charge < -0.3 is 25.2 Å². The van der Waals surface area contributed by atoms with Crippen LogP contribution < -0.4 is 10.6 Å². The van der Waals surface area contributed by atoms with E-state index in [2.05, 4.69) is 10.6 Å². The molecule has 2 N–H and O–H groups in total. The number of nitrogens with one attached hydrogen (secondary N) is 2. The van der Waals surface area contributed by atoms with Crippen LogP contribution in [0.15, 0.2) is 0 Å². The number of halogens is 1. The van der Waals surface area contributed by atoms with E-state index in [1.807, 2.05) is 18.7 Å². The van der Waals surface area contributed by atoms with Crippen molar-refractivity contribution in [2.75, 3.05) is 46.4 Å². The van der Waals surface area contributed by atoms with Crippen molar-refractivity contribution in [1.29, 1.82) is 0 Å². The molecule has 276 valence electrons. The fourth-order valence-corrected chi connectivity index (χ4v) is 9.94. The SMILES string of the molecule is C1CCC2(CC1)CCNCC2.COC(=O)C(CC(C)C)NC(=O)N1CCC2(CCCCC2)CC1.O=C(Cl)N1CCC2(CCCCC2)CC1. The number of hydrogen-bond donors (Lipinski definition) is 2. The second-order valence-corrected chi connectivity index (χ2v) is 17.1. The van der Waals surface area contributed by atoms with E-state index < -0.39 is 6.04 Å². The van der Waals surface area contributed by atoms with E-state index in [1.165, 1.54) is 142 Å². The average molecular weight is 693 g/mol. The molecule has 9 heteroatoms. The Kier molecular flexibility index (Phi) is 15.7. The van der Waals surface area contributed by atoms with Gasteiger partial charge in [-0.2, -0.15) is 0 Å². The third-order valence-electron chi connectivity index (χ3n) is 13.1. The second kappa shape index (κ2) is 19.2. The molecule has 3 saturated heterocycles. The van der Waals surface area contributed by atoms with E-state index in [9.17, 15) is 14.4 Å². The molecular weight excluding hydrogens is 624 g/mol. The summed E-state index contributed by atoms with van der Waals surface area (Å²) < 4.78 is 4.82. The van der Waals surface area contributed by atoms with E-state index in [0.717, 1.165) is 44.4 Å². The number of hydrogen-bond acceptors (Lipinski definition) is 5. The van der Waals surface area contributed by atoms with Crippen LogP contribution in [0.3, 0.4) is 0 Å². The Balaban J connectivity index is 0.000000176. The predicted octanol–water partition coefficient (Wildman–Crippen LogP) is 9.04. The number of carbonyl (C=O) groups excluding carboxylic acids is 3. The predicted molar refractivity (Wildman–Crippen MR) is 195 cm³/mol. The number of carbonyl (C=O) groups is 3. The van der Waals surface area contributed by atoms with Crippen LogP contribution in [0.2, 0.25) is 0 Å². The summed E-state index contributed by atoms with van der Waals surface area (Å²) in [6.45, 7) is 10.00. The van der Waals surface area contributed by atoms with Gasteiger partial charge in [0.15, 0.2) is 0 Å². The molecule has 0 aromatic rings. The van der Waals surface area contributed by atoms with E-state index >= 15 is 0 Å². The Morgan fingerprint density at radius 3 is 1.42 bits per heavy atom. The number of piperidine rings is 3. The van der Waals surface area contributed by atoms with Crippen molar-refractivity contribution >= 4 is 29.0 Å². The highest BCUT2D eigenvalue weighted by Gasteiger charge is 2.38. The van der Waals surface area contributed by atoms with Gasteiger partial charge in [0, 0.05) is 26.2 Å². The monoisotopic (exact) mass is 693 g/mol. The van der Waals surface area contributed by atoms with Gasteiger partial charge in [-0.1, -0.05) is 71.6 Å². The highest BCUT2D eigenvalue weighted by Crippen LogP contribution is 2.46. The number of esters is 1. The van der Waals surface area contributed by atoms with Crippen molar-refractivity contribution in [2.45, 2.75) is 161 Å². The van der Waals surface area contributed by atoms with E-state index in [4.69, 9.17) is 16.3 Å². The molecular formula is C39H69ClN4O4. The average Bonchev–Trinajstić information content (AvgIpc) is 3.10. The van der Waals surface area contributed by atoms with Crippen molar-refractivity contribution in [1.82, 2.24) is 20.4 Å². The van der Waals surface area contributed by atoms with Gasteiger partial charge >= 0.3 is 17.4 Å². The summed E-state index contributed by atoms with van der Waals surface area (Å²) in [6, 6.07) is -0.662. The first kappa shape index (κ1) is 39.2. The van der Waals surface area contributed by atoms with E-state index in [-0.39, 0.29) is 17.4 Å². The molecule has 3 heterocycles. The van der Waals surface area contributed by atoms with Crippen LogP contribution in [-0.4, -0.2) is 79.6 Å². The van der Waals surface area contributed by atoms with Crippen molar-refractivity contribution in [3.05, 3.63) is 0 Å². The van der Waals surface area contributed by atoms with Crippen LogP contribution >= 0.6 is 11.6 Å². The number of rotatable bonds is 4. The third kappa shape index (κ3) is 11.8. The first-order chi connectivity index (χ1) is 23.1. The standard InChI is InChI=1S/C18H32N2O3.C11H18ClNO.C10H19N/c1-14(2)13-15(16(21)23-3)19-17(22)20-11-9-18(10-12-20)7-5-4-6-8-18;12-10(14)13-8-6-11(7-9-13)4-2-1-3-5-11;1-2-4-10(5-3-1)6-8-11-9-7-10/h14-15H,4-13H2,1-3H3,(H,19,22);1-9H2;11H,1-9H2. The van der Waals surface area contributed by atoms with Crippen LogP contribution in [-0.2, 0) is 9.53 Å². The van der Waals surface area contributed by atoms with Gasteiger partial charge in [0.05, 0.1) is 7.11 Å². The smallest absolute Gasteiger partial charge is 0.328 e. The van der Waals surface area contributed by atoms with Gasteiger partial charge in [-0.05, 0) is 130 Å².